The molecule has 0 atom stereocenters. The molecular weight excluding hydrogens is 202 g/mol. The van der Waals surface area contributed by atoms with Crippen LogP contribution in [0.4, 0.5) is 5.82 Å². The van der Waals surface area contributed by atoms with Crippen LogP contribution >= 0.6 is 11.6 Å². The van der Waals surface area contributed by atoms with E-state index in [1.807, 2.05) is 11.9 Å². The van der Waals surface area contributed by atoms with E-state index in [9.17, 15) is 4.79 Å². The molecule has 4 nitrogen and oxygen atoms in total. The Morgan fingerprint density at radius 1 is 1.57 bits per heavy atom. The van der Waals surface area contributed by atoms with E-state index in [1.165, 1.54) is 6.33 Å². The van der Waals surface area contributed by atoms with E-state index in [2.05, 4.69) is 16.9 Å². The number of anilines is 1. The SMILES string of the molecule is CCCN(C)c1ncnc(Cl)c1C=O. The highest BCUT2D eigenvalue weighted by atomic mass is 35.5. The number of nitrogens with zero attached hydrogens (tertiary/aromatic N) is 3. The van der Waals surface area contributed by atoms with Crippen molar-refractivity contribution >= 4 is 23.7 Å². The Balaban J connectivity index is 3.06. The zero-order valence-electron chi connectivity index (χ0n) is 8.20. The molecule has 0 spiro atoms. The first kappa shape index (κ1) is 10.9. The molecule has 0 amide bonds. The van der Waals surface area contributed by atoms with Gasteiger partial charge in [0, 0.05) is 13.6 Å². The molecule has 0 aromatic carbocycles. The van der Waals surface area contributed by atoms with Crippen molar-refractivity contribution in [1.82, 2.24) is 9.97 Å². The summed E-state index contributed by atoms with van der Waals surface area (Å²) in [6, 6.07) is 0. The minimum atomic E-state index is 0.202. The van der Waals surface area contributed by atoms with Gasteiger partial charge in [0.2, 0.25) is 0 Å². The predicted molar refractivity (Wildman–Crippen MR) is 56.0 cm³/mol. The molecule has 0 bridgehead atoms. The van der Waals surface area contributed by atoms with Crippen LogP contribution in [0.25, 0.3) is 0 Å². The molecule has 0 saturated carbocycles. The first-order chi connectivity index (χ1) is 6.70. The largest absolute Gasteiger partial charge is 0.359 e. The minimum Gasteiger partial charge on any atom is -0.359 e. The molecule has 14 heavy (non-hydrogen) atoms. The third-order valence-corrected chi connectivity index (χ3v) is 2.15. The summed E-state index contributed by atoms with van der Waals surface area (Å²) in [7, 11) is 1.87. The number of hydrogen-bond acceptors (Lipinski definition) is 4. The maximum absolute atomic E-state index is 10.8. The van der Waals surface area contributed by atoms with Crippen molar-refractivity contribution in [1.29, 1.82) is 0 Å². The summed E-state index contributed by atoms with van der Waals surface area (Å²) in [5, 5.41) is 0.202. The van der Waals surface area contributed by atoms with Crippen molar-refractivity contribution in [2.24, 2.45) is 0 Å². The second-order valence-corrected chi connectivity index (χ2v) is 3.30. The molecule has 1 rings (SSSR count). The van der Waals surface area contributed by atoms with Gasteiger partial charge < -0.3 is 4.90 Å². The lowest BCUT2D eigenvalue weighted by molar-refractivity contribution is 0.112. The van der Waals surface area contributed by atoms with Crippen molar-refractivity contribution in [2.75, 3.05) is 18.5 Å². The number of carbonyl (C=O) groups excluding carboxylic acids is 1. The Morgan fingerprint density at radius 2 is 2.29 bits per heavy atom. The Morgan fingerprint density at radius 3 is 2.86 bits per heavy atom. The molecule has 0 unspecified atom stereocenters. The zero-order valence-corrected chi connectivity index (χ0v) is 8.95. The van der Waals surface area contributed by atoms with Crippen molar-refractivity contribution in [3.8, 4) is 0 Å². The maximum Gasteiger partial charge on any atom is 0.156 e. The average molecular weight is 214 g/mol. The van der Waals surface area contributed by atoms with Gasteiger partial charge in [-0.05, 0) is 6.42 Å². The van der Waals surface area contributed by atoms with Crippen LogP contribution in [-0.2, 0) is 0 Å². The molecule has 0 fully saturated rings. The molecule has 0 radical (unpaired) electrons. The van der Waals surface area contributed by atoms with Crippen LogP contribution in [0.1, 0.15) is 23.7 Å². The van der Waals surface area contributed by atoms with Gasteiger partial charge in [0.25, 0.3) is 0 Å². The van der Waals surface area contributed by atoms with Crippen molar-refractivity contribution in [3.63, 3.8) is 0 Å². The smallest absolute Gasteiger partial charge is 0.156 e. The topological polar surface area (TPSA) is 46.1 Å². The summed E-state index contributed by atoms with van der Waals surface area (Å²) in [5.41, 5.74) is 0.352. The summed E-state index contributed by atoms with van der Waals surface area (Å²) < 4.78 is 0. The van der Waals surface area contributed by atoms with Gasteiger partial charge >= 0.3 is 0 Å². The fourth-order valence-corrected chi connectivity index (χ4v) is 1.39. The normalized spacial score (nSPS) is 9.93. The second kappa shape index (κ2) is 4.91. The lowest BCUT2D eigenvalue weighted by Gasteiger charge is -2.18. The molecule has 0 aliphatic rings. The Kier molecular flexibility index (Phi) is 3.83. The molecule has 1 aromatic heterocycles. The number of rotatable bonds is 4. The summed E-state index contributed by atoms with van der Waals surface area (Å²) >= 11 is 5.76. The van der Waals surface area contributed by atoms with Crippen LogP contribution in [-0.4, -0.2) is 29.8 Å². The van der Waals surface area contributed by atoms with E-state index < -0.39 is 0 Å². The fraction of sp³-hybridized carbons (Fsp3) is 0.444. The van der Waals surface area contributed by atoms with E-state index in [1.54, 1.807) is 0 Å². The molecule has 76 valence electrons. The molecule has 0 aliphatic heterocycles. The highest BCUT2D eigenvalue weighted by molar-refractivity contribution is 6.32. The van der Waals surface area contributed by atoms with Crippen LogP contribution in [0.15, 0.2) is 6.33 Å². The first-order valence-electron chi connectivity index (χ1n) is 4.37. The van der Waals surface area contributed by atoms with E-state index in [0.717, 1.165) is 13.0 Å². The highest BCUT2D eigenvalue weighted by Gasteiger charge is 2.11. The average Bonchev–Trinajstić information content (AvgIpc) is 2.17. The second-order valence-electron chi connectivity index (χ2n) is 2.94. The predicted octanol–water partition coefficient (Wildman–Crippen LogP) is 1.79. The molecular formula is C9H12ClN3O. The van der Waals surface area contributed by atoms with Gasteiger partial charge in [-0.15, -0.1) is 0 Å². The van der Waals surface area contributed by atoms with Gasteiger partial charge in [-0.3, -0.25) is 4.79 Å². The monoisotopic (exact) mass is 213 g/mol. The van der Waals surface area contributed by atoms with Gasteiger partial charge in [-0.2, -0.15) is 0 Å². The third kappa shape index (κ3) is 2.20. The van der Waals surface area contributed by atoms with E-state index in [4.69, 9.17) is 11.6 Å². The number of carbonyl (C=O) groups is 1. The quantitative estimate of drug-likeness (QED) is 0.565. The zero-order chi connectivity index (χ0) is 10.6. The highest BCUT2D eigenvalue weighted by Crippen LogP contribution is 2.20. The summed E-state index contributed by atoms with van der Waals surface area (Å²) in [6.45, 7) is 2.88. The first-order valence-corrected chi connectivity index (χ1v) is 4.75. The van der Waals surface area contributed by atoms with Gasteiger partial charge in [0.1, 0.15) is 17.3 Å². The van der Waals surface area contributed by atoms with E-state index in [-0.39, 0.29) is 5.15 Å². The van der Waals surface area contributed by atoms with Gasteiger partial charge in [0.15, 0.2) is 6.29 Å². The molecule has 5 heteroatoms. The minimum absolute atomic E-state index is 0.202. The van der Waals surface area contributed by atoms with Crippen LogP contribution < -0.4 is 4.90 Å². The van der Waals surface area contributed by atoms with Crippen LogP contribution in [0.3, 0.4) is 0 Å². The number of halogens is 1. The maximum atomic E-state index is 10.8. The Hall–Kier alpha value is -1.16. The lowest BCUT2D eigenvalue weighted by Crippen LogP contribution is -2.21. The Labute approximate surface area is 87.9 Å². The number of aldehydes is 1. The summed E-state index contributed by atoms with van der Waals surface area (Å²) in [4.78, 5) is 20.4. The summed E-state index contributed by atoms with van der Waals surface area (Å²) in [6.07, 6.45) is 3.02. The standard InChI is InChI=1S/C9H12ClN3O/c1-3-4-13(2)9-7(5-14)8(10)11-6-12-9/h5-6H,3-4H2,1-2H3. The van der Waals surface area contributed by atoms with Crippen LogP contribution in [0.2, 0.25) is 5.15 Å². The third-order valence-electron chi connectivity index (χ3n) is 1.85. The van der Waals surface area contributed by atoms with Gasteiger partial charge in [-0.1, -0.05) is 18.5 Å². The van der Waals surface area contributed by atoms with Crippen LogP contribution in [0, 0.1) is 0 Å². The lowest BCUT2D eigenvalue weighted by atomic mass is 10.3. The molecule has 0 N–H and O–H groups in total. The Bertz CT molecular complexity index is 330. The van der Waals surface area contributed by atoms with Gasteiger partial charge in [-0.25, -0.2) is 9.97 Å². The fourth-order valence-electron chi connectivity index (χ4n) is 1.21. The van der Waals surface area contributed by atoms with Crippen molar-refractivity contribution in [3.05, 3.63) is 17.0 Å². The van der Waals surface area contributed by atoms with E-state index >= 15 is 0 Å². The molecule has 1 aromatic rings. The number of aromatic nitrogens is 2. The van der Waals surface area contributed by atoms with Crippen molar-refractivity contribution in [2.45, 2.75) is 13.3 Å². The van der Waals surface area contributed by atoms with E-state index in [0.29, 0.717) is 17.7 Å². The van der Waals surface area contributed by atoms with Crippen molar-refractivity contribution < 1.29 is 4.79 Å². The molecule has 0 aliphatic carbocycles. The summed E-state index contributed by atoms with van der Waals surface area (Å²) in [5.74, 6) is 0.585. The molecule has 1 heterocycles. The number of hydrogen-bond donors (Lipinski definition) is 0. The van der Waals surface area contributed by atoms with Crippen LogP contribution in [0.5, 0.6) is 0 Å². The van der Waals surface area contributed by atoms with Gasteiger partial charge in [0.05, 0.1) is 5.56 Å². The molecule has 0 saturated heterocycles.